The number of carbonyl (C=O) groups excluding carboxylic acids is 2. The van der Waals surface area contributed by atoms with Crippen molar-refractivity contribution in [2.45, 2.75) is 32.4 Å². The lowest BCUT2D eigenvalue weighted by atomic mass is 10.0. The normalized spacial score (nSPS) is 18.9. The number of amides is 2. The van der Waals surface area contributed by atoms with Gasteiger partial charge in [-0.3, -0.25) is 14.5 Å². The third-order valence-electron chi connectivity index (χ3n) is 6.76. The molecule has 2 aromatic carbocycles. The molecule has 9 nitrogen and oxygen atoms in total. The van der Waals surface area contributed by atoms with Crippen LogP contribution in [0.2, 0.25) is 0 Å². The van der Waals surface area contributed by atoms with E-state index in [2.05, 4.69) is 5.32 Å². The van der Waals surface area contributed by atoms with E-state index in [0.717, 1.165) is 30.4 Å². The lowest BCUT2D eigenvalue weighted by Crippen LogP contribution is -2.50. The van der Waals surface area contributed by atoms with E-state index >= 15 is 0 Å². The molecule has 200 valence electrons. The van der Waals surface area contributed by atoms with Crippen LogP contribution in [0.1, 0.15) is 40.7 Å². The summed E-state index contributed by atoms with van der Waals surface area (Å²) in [5.74, 6) is 0.457. The van der Waals surface area contributed by atoms with Gasteiger partial charge in [0.25, 0.3) is 5.91 Å². The maximum Gasteiger partial charge on any atom is 0.254 e. The molecule has 0 bridgehead atoms. The van der Waals surface area contributed by atoms with Gasteiger partial charge in [0.15, 0.2) is 0 Å². The number of carbonyl (C=O) groups is 2. The van der Waals surface area contributed by atoms with Gasteiger partial charge in [0.2, 0.25) is 15.9 Å². The highest BCUT2D eigenvalue weighted by molar-refractivity contribution is 7.88. The number of nitrogens with one attached hydrogen (secondary N) is 1. The van der Waals surface area contributed by atoms with Crippen LogP contribution in [0.15, 0.2) is 48.5 Å². The van der Waals surface area contributed by atoms with Gasteiger partial charge in [0.05, 0.1) is 19.4 Å². The molecular weight excluding hydrogens is 492 g/mol. The zero-order valence-corrected chi connectivity index (χ0v) is 22.2. The fraction of sp³-hybridized carbons (Fsp3) is 0.481. The van der Waals surface area contributed by atoms with Gasteiger partial charge in [0, 0.05) is 56.9 Å². The topological polar surface area (TPSA) is 99.3 Å². The maximum atomic E-state index is 13.7. The van der Waals surface area contributed by atoms with Crippen LogP contribution in [-0.4, -0.2) is 86.5 Å². The summed E-state index contributed by atoms with van der Waals surface area (Å²) < 4.78 is 31.4. The maximum absolute atomic E-state index is 13.7. The average Bonchev–Trinajstić information content (AvgIpc) is 2.89. The number of hydrogen-bond acceptors (Lipinski definition) is 6. The van der Waals surface area contributed by atoms with Gasteiger partial charge in [-0.25, -0.2) is 8.42 Å². The molecular formula is C27H36N4O5S. The second-order valence-electron chi connectivity index (χ2n) is 9.63. The van der Waals surface area contributed by atoms with Crippen molar-refractivity contribution in [3.05, 3.63) is 65.2 Å². The standard InChI is InChI=1S/C27H36N4O5S/c1-37(34,35)31-16-14-30(15-17-31)27(33)23-11-8-12-25-24(23)20-29(19-22-9-4-2-5-10-22)21-26(32)28-13-6-3-7-18-36-25/h2,4-5,8-12H,3,6-7,13-21H2,1H3,(H,28,32). The molecule has 1 saturated heterocycles. The highest BCUT2D eigenvalue weighted by atomic mass is 32.2. The van der Waals surface area contributed by atoms with Gasteiger partial charge in [-0.1, -0.05) is 36.4 Å². The van der Waals surface area contributed by atoms with Crippen LogP contribution in [0, 0.1) is 0 Å². The SMILES string of the molecule is CS(=O)(=O)N1CCN(C(=O)c2cccc3c2CN(Cc2ccccc2)CC(=O)NCCCCCO3)CC1. The largest absolute Gasteiger partial charge is 0.493 e. The van der Waals surface area contributed by atoms with Crippen LogP contribution in [0.3, 0.4) is 0 Å². The van der Waals surface area contributed by atoms with Crippen molar-refractivity contribution in [1.82, 2.24) is 19.4 Å². The number of piperazine rings is 1. The van der Waals surface area contributed by atoms with Gasteiger partial charge in [0.1, 0.15) is 5.75 Å². The fourth-order valence-electron chi connectivity index (χ4n) is 4.76. The van der Waals surface area contributed by atoms with Crippen LogP contribution in [-0.2, 0) is 27.9 Å². The third kappa shape index (κ3) is 7.53. The Balaban J connectivity index is 1.63. The number of benzene rings is 2. The molecule has 0 aliphatic carbocycles. The monoisotopic (exact) mass is 528 g/mol. The Labute approximate surface area is 219 Å². The van der Waals surface area contributed by atoms with Crippen molar-refractivity contribution in [2.75, 3.05) is 52.1 Å². The summed E-state index contributed by atoms with van der Waals surface area (Å²) in [5.41, 5.74) is 2.35. The molecule has 0 atom stereocenters. The Bertz CT molecular complexity index is 1180. The van der Waals surface area contributed by atoms with Gasteiger partial charge in [-0.2, -0.15) is 4.31 Å². The highest BCUT2D eigenvalue weighted by Crippen LogP contribution is 2.27. The molecule has 10 heteroatoms. The van der Waals surface area contributed by atoms with Crippen molar-refractivity contribution < 1.29 is 22.7 Å². The molecule has 2 aliphatic heterocycles. The van der Waals surface area contributed by atoms with Crippen LogP contribution >= 0.6 is 0 Å². The molecule has 0 saturated carbocycles. The van der Waals surface area contributed by atoms with Crippen LogP contribution in [0.5, 0.6) is 5.75 Å². The molecule has 2 heterocycles. The van der Waals surface area contributed by atoms with Crippen LogP contribution in [0.25, 0.3) is 0 Å². The molecule has 1 N–H and O–H groups in total. The number of fused-ring (bicyclic) bond motifs is 1. The van der Waals surface area contributed by atoms with E-state index in [9.17, 15) is 18.0 Å². The van der Waals surface area contributed by atoms with Gasteiger partial charge in [-0.15, -0.1) is 0 Å². The summed E-state index contributed by atoms with van der Waals surface area (Å²) in [7, 11) is -3.29. The summed E-state index contributed by atoms with van der Waals surface area (Å²) in [6.07, 6.45) is 3.87. The number of hydrogen-bond donors (Lipinski definition) is 1. The molecule has 2 amide bonds. The van der Waals surface area contributed by atoms with E-state index in [-0.39, 0.29) is 31.4 Å². The second-order valence-corrected chi connectivity index (χ2v) is 11.6. The Morgan fingerprint density at radius 2 is 1.70 bits per heavy atom. The number of sulfonamides is 1. The molecule has 0 spiro atoms. The third-order valence-corrected chi connectivity index (χ3v) is 8.06. The smallest absolute Gasteiger partial charge is 0.254 e. The molecule has 2 aromatic rings. The summed E-state index contributed by atoms with van der Waals surface area (Å²) in [5, 5.41) is 3.02. The van der Waals surface area contributed by atoms with E-state index in [1.165, 1.54) is 10.6 Å². The highest BCUT2D eigenvalue weighted by Gasteiger charge is 2.29. The van der Waals surface area contributed by atoms with E-state index in [0.29, 0.717) is 50.6 Å². The lowest BCUT2D eigenvalue weighted by Gasteiger charge is -2.34. The Morgan fingerprint density at radius 1 is 0.946 bits per heavy atom. The van der Waals surface area contributed by atoms with Gasteiger partial charge >= 0.3 is 0 Å². The summed E-state index contributed by atoms with van der Waals surface area (Å²) in [4.78, 5) is 30.2. The van der Waals surface area contributed by atoms with Crippen molar-refractivity contribution >= 4 is 21.8 Å². The van der Waals surface area contributed by atoms with Crippen molar-refractivity contribution in [3.63, 3.8) is 0 Å². The number of nitrogens with zero attached hydrogens (tertiary/aromatic N) is 3. The van der Waals surface area contributed by atoms with E-state index in [4.69, 9.17) is 4.74 Å². The number of ether oxygens (including phenoxy) is 1. The first-order valence-electron chi connectivity index (χ1n) is 12.8. The van der Waals surface area contributed by atoms with Crippen molar-refractivity contribution in [1.29, 1.82) is 0 Å². The molecule has 0 unspecified atom stereocenters. The first-order valence-corrected chi connectivity index (χ1v) is 14.7. The van der Waals surface area contributed by atoms with E-state index in [1.807, 2.05) is 47.4 Å². The summed E-state index contributed by atoms with van der Waals surface area (Å²) >= 11 is 0. The van der Waals surface area contributed by atoms with Crippen LogP contribution < -0.4 is 10.1 Å². The fourth-order valence-corrected chi connectivity index (χ4v) is 5.59. The summed E-state index contributed by atoms with van der Waals surface area (Å²) in [6, 6.07) is 15.4. The Morgan fingerprint density at radius 3 is 2.43 bits per heavy atom. The molecule has 2 aliphatic rings. The molecule has 1 fully saturated rings. The Kier molecular flexibility index (Phi) is 9.18. The summed E-state index contributed by atoms with van der Waals surface area (Å²) in [6.45, 7) is 3.47. The van der Waals surface area contributed by atoms with E-state index in [1.54, 1.807) is 11.0 Å². The lowest BCUT2D eigenvalue weighted by molar-refractivity contribution is -0.122. The van der Waals surface area contributed by atoms with Crippen LogP contribution in [0.4, 0.5) is 0 Å². The predicted octanol–water partition coefficient (Wildman–Crippen LogP) is 2.09. The van der Waals surface area contributed by atoms with Crippen molar-refractivity contribution in [2.24, 2.45) is 0 Å². The molecule has 4 rings (SSSR count). The molecule has 0 aromatic heterocycles. The van der Waals surface area contributed by atoms with Gasteiger partial charge < -0.3 is 15.0 Å². The first-order chi connectivity index (χ1) is 17.8. The zero-order valence-electron chi connectivity index (χ0n) is 21.4. The minimum absolute atomic E-state index is 0.0432. The minimum atomic E-state index is -3.29. The second kappa shape index (κ2) is 12.5. The minimum Gasteiger partial charge on any atom is -0.493 e. The first kappa shape index (κ1) is 27.1. The van der Waals surface area contributed by atoms with Gasteiger partial charge in [-0.05, 0) is 37.0 Å². The predicted molar refractivity (Wildman–Crippen MR) is 142 cm³/mol. The molecule has 0 radical (unpaired) electrons. The molecule has 37 heavy (non-hydrogen) atoms. The average molecular weight is 529 g/mol. The van der Waals surface area contributed by atoms with E-state index < -0.39 is 10.0 Å². The van der Waals surface area contributed by atoms with Crippen molar-refractivity contribution in [3.8, 4) is 5.75 Å². The number of rotatable bonds is 4. The Hall–Kier alpha value is -2.95. The quantitative estimate of drug-likeness (QED) is 0.653. The zero-order chi connectivity index (χ0) is 26.3.